The van der Waals surface area contributed by atoms with Crippen LogP contribution in [0.15, 0.2) is 30.3 Å². The smallest absolute Gasteiger partial charge is 0.316 e. The molecule has 2 rings (SSSR count). The second-order valence-corrected chi connectivity index (χ2v) is 5.56. The molecule has 0 heterocycles. The van der Waals surface area contributed by atoms with Gasteiger partial charge in [-0.3, -0.25) is 4.79 Å². The van der Waals surface area contributed by atoms with Crippen LogP contribution >= 0.6 is 0 Å². The Kier molecular flexibility index (Phi) is 3.50. The summed E-state index contributed by atoms with van der Waals surface area (Å²) in [6.07, 6.45) is 5.37. The lowest BCUT2D eigenvalue weighted by Gasteiger charge is -2.17. The van der Waals surface area contributed by atoms with Crippen LogP contribution in [-0.4, -0.2) is 5.97 Å². The first-order valence-corrected chi connectivity index (χ1v) is 6.24. The molecule has 0 aliphatic heterocycles. The summed E-state index contributed by atoms with van der Waals surface area (Å²) >= 11 is 0. The third-order valence-electron chi connectivity index (χ3n) is 2.92. The molecule has 3 heteroatoms. The highest BCUT2D eigenvalue weighted by molar-refractivity contribution is 5.95. The Balaban J connectivity index is 2.63. The van der Waals surface area contributed by atoms with Crippen LogP contribution < -0.4 is 4.74 Å². The molecule has 0 fully saturated rings. The fraction of sp³-hybridized carbons (Fsp3) is 0.235. The lowest BCUT2D eigenvalue weighted by atomic mass is 9.97. The Morgan fingerprint density at radius 3 is 2.55 bits per heavy atom. The number of fused-ring (bicyclic) bond motifs is 1. The van der Waals surface area contributed by atoms with Gasteiger partial charge in [-0.05, 0) is 38.3 Å². The van der Waals surface area contributed by atoms with Gasteiger partial charge in [-0.1, -0.05) is 24.1 Å². The molecule has 20 heavy (non-hydrogen) atoms. The van der Waals surface area contributed by atoms with Gasteiger partial charge in [0.05, 0.1) is 11.0 Å². The molecule has 2 nitrogen and oxygen atoms in total. The van der Waals surface area contributed by atoms with Gasteiger partial charge in [-0.15, -0.1) is 6.42 Å². The SMILES string of the molecule is C#Cc1c(F)ccc2cccc(OC(=O)C(C)(C)C)c12. The lowest BCUT2D eigenvalue weighted by molar-refractivity contribution is -0.142. The molecule has 0 atom stereocenters. The van der Waals surface area contributed by atoms with Crippen LogP contribution in [-0.2, 0) is 4.79 Å². The van der Waals surface area contributed by atoms with Crippen LogP contribution in [0.4, 0.5) is 4.39 Å². The number of hydrogen-bond acceptors (Lipinski definition) is 2. The van der Waals surface area contributed by atoms with Crippen molar-refractivity contribution in [2.24, 2.45) is 5.41 Å². The van der Waals surface area contributed by atoms with Gasteiger partial charge >= 0.3 is 5.97 Å². The standard InChI is InChI=1S/C17H15FO2/c1-5-12-13(18)10-9-11-7-6-8-14(15(11)12)20-16(19)17(2,3)4/h1,6-10H,2-4H3. The zero-order valence-corrected chi connectivity index (χ0v) is 11.7. The number of esters is 1. The summed E-state index contributed by atoms with van der Waals surface area (Å²) in [5.74, 6) is 1.72. The Hall–Kier alpha value is -2.34. The largest absolute Gasteiger partial charge is 0.425 e. The normalized spacial score (nSPS) is 11.2. The summed E-state index contributed by atoms with van der Waals surface area (Å²) in [5, 5.41) is 1.19. The van der Waals surface area contributed by atoms with Crippen molar-refractivity contribution in [3.63, 3.8) is 0 Å². The van der Waals surface area contributed by atoms with Gasteiger partial charge in [-0.2, -0.15) is 0 Å². The molecule has 0 saturated carbocycles. The maximum atomic E-state index is 13.8. The average Bonchev–Trinajstić information content (AvgIpc) is 2.38. The topological polar surface area (TPSA) is 26.3 Å². The summed E-state index contributed by atoms with van der Waals surface area (Å²) in [6.45, 7) is 5.26. The third kappa shape index (κ3) is 2.50. The number of hydrogen-bond donors (Lipinski definition) is 0. The van der Waals surface area contributed by atoms with E-state index in [0.717, 1.165) is 5.39 Å². The van der Waals surface area contributed by atoms with Crippen molar-refractivity contribution in [2.75, 3.05) is 0 Å². The van der Waals surface area contributed by atoms with Crippen molar-refractivity contribution in [1.82, 2.24) is 0 Å². The Morgan fingerprint density at radius 1 is 1.25 bits per heavy atom. The molecule has 0 aliphatic rings. The minimum absolute atomic E-state index is 0.111. The molecule has 2 aromatic rings. The highest BCUT2D eigenvalue weighted by atomic mass is 19.1. The molecule has 102 valence electrons. The van der Waals surface area contributed by atoms with E-state index in [-0.39, 0.29) is 11.3 Å². The van der Waals surface area contributed by atoms with E-state index < -0.39 is 17.2 Å². The molecule has 0 aliphatic carbocycles. The molecular formula is C17H15FO2. The minimum Gasteiger partial charge on any atom is -0.425 e. The van der Waals surface area contributed by atoms with Crippen molar-refractivity contribution < 1.29 is 13.9 Å². The monoisotopic (exact) mass is 270 g/mol. The summed E-state index contributed by atoms with van der Waals surface area (Å²) in [4.78, 5) is 12.0. The summed E-state index contributed by atoms with van der Waals surface area (Å²) in [5.41, 5.74) is -0.536. The van der Waals surface area contributed by atoms with Gasteiger partial charge in [-0.25, -0.2) is 4.39 Å². The quantitative estimate of drug-likeness (QED) is 0.446. The number of rotatable bonds is 1. The first-order valence-electron chi connectivity index (χ1n) is 6.24. The van der Waals surface area contributed by atoms with Crippen LogP contribution in [0, 0.1) is 23.6 Å². The molecule has 0 amide bonds. The number of ether oxygens (including phenoxy) is 1. The van der Waals surface area contributed by atoms with Crippen molar-refractivity contribution >= 4 is 16.7 Å². The molecular weight excluding hydrogens is 255 g/mol. The van der Waals surface area contributed by atoms with Gasteiger partial charge in [0.2, 0.25) is 0 Å². The number of benzene rings is 2. The molecule has 2 aromatic carbocycles. The highest BCUT2D eigenvalue weighted by Gasteiger charge is 2.25. The van der Waals surface area contributed by atoms with Crippen molar-refractivity contribution in [3.8, 4) is 18.1 Å². The molecule has 0 radical (unpaired) electrons. The van der Waals surface area contributed by atoms with Crippen LogP contribution in [0.1, 0.15) is 26.3 Å². The molecule has 0 bridgehead atoms. The second-order valence-electron chi connectivity index (χ2n) is 5.56. The first-order chi connectivity index (χ1) is 9.34. The molecule has 0 saturated heterocycles. The van der Waals surface area contributed by atoms with Crippen LogP contribution in [0.3, 0.4) is 0 Å². The van der Waals surface area contributed by atoms with Crippen LogP contribution in [0.5, 0.6) is 5.75 Å². The fourth-order valence-electron chi connectivity index (χ4n) is 1.80. The molecule has 0 aromatic heterocycles. The molecule has 0 N–H and O–H groups in total. The van der Waals surface area contributed by atoms with E-state index in [2.05, 4.69) is 5.92 Å². The van der Waals surface area contributed by atoms with E-state index in [1.807, 2.05) is 0 Å². The molecule has 0 unspecified atom stereocenters. The van der Waals surface area contributed by atoms with Crippen molar-refractivity contribution in [3.05, 3.63) is 41.7 Å². The number of halogens is 1. The number of carbonyl (C=O) groups excluding carboxylic acids is 1. The fourth-order valence-corrected chi connectivity index (χ4v) is 1.80. The van der Waals surface area contributed by atoms with Gasteiger partial charge in [0.25, 0.3) is 0 Å². The number of terminal acetylenes is 1. The minimum atomic E-state index is -0.647. The maximum absolute atomic E-state index is 13.8. The second kappa shape index (κ2) is 4.97. The lowest BCUT2D eigenvalue weighted by Crippen LogP contribution is -2.25. The number of carbonyl (C=O) groups is 1. The third-order valence-corrected chi connectivity index (χ3v) is 2.92. The van der Waals surface area contributed by atoms with Gasteiger partial charge in [0.15, 0.2) is 0 Å². The van der Waals surface area contributed by atoms with E-state index in [1.165, 1.54) is 6.07 Å². The summed E-state index contributed by atoms with van der Waals surface area (Å²) < 4.78 is 19.2. The van der Waals surface area contributed by atoms with E-state index in [9.17, 15) is 9.18 Å². The Morgan fingerprint density at radius 2 is 1.95 bits per heavy atom. The van der Waals surface area contributed by atoms with E-state index >= 15 is 0 Å². The predicted molar refractivity (Wildman–Crippen MR) is 76.9 cm³/mol. The average molecular weight is 270 g/mol. The highest BCUT2D eigenvalue weighted by Crippen LogP contribution is 2.31. The van der Waals surface area contributed by atoms with Gasteiger partial charge in [0.1, 0.15) is 11.6 Å². The van der Waals surface area contributed by atoms with Crippen LogP contribution in [0.25, 0.3) is 10.8 Å². The maximum Gasteiger partial charge on any atom is 0.316 e. The van der Waals surface area contributed by atoms with Gasteiger partial charge < -0.3 is 4.74 Å². The predicted octanol–water partition coefficient (Wildman–Crippen LogP) is 3.91. The zero-order chi connectivity index (χ0) is 14.9. The van der Waals surface area contributed by atoms with Crippen LogP contribution in [0.2, 0.25) is 0 Å². The zero-order valence-electron chi connectivity index (χ0n) is 11.7. The molecule has 0 spiro atoms. The summed E-state index contributed by atoms with van der Waals surface area (Å²) in [7, 11) is 0. The van der Waals surface area contributed by atoms with Crippen molar-refractivity contribution in [2.45, 2.75) is 20.8 Å². The summed E-state index contributed by atoms with van der Waals surface area (Å²) in [6, 6.07) is 8.08. The first kappa shape index (κ1) is 14.1. The Labute approximate surface area is 117 Å². The van der Waals surface area contributed by atoms with E-state index in [4.69, 9.17) is 11.2 Å². The van der Waals surface area contributed by atoms with E-state index in [1.54, 1.807) is 45.0 Å². The van der Waals surface area contributed by atoms with Gasteiger partial charge in [0, 0.05) is 5.39 Å². The Bertz CT molecular complexity index is 718. The van der Waals surface area contributed by atoms with E-state index in [0.29, 0.717) is 5.39 Å². The van der Waals surface area contributed by atoms with Crippen molar-refractivity contribution in [1.29, 1.82) is 0 Å².